The number of hydrogen-bond donors (Lipinski definition) is 0. The molecule has 0 N–H and O–H groups in total. The molecule has 1 rings (SSSR count). The van der Waals surface area contributed by atoms with Crippen molar-refractivity contribution < 1.29 is 14.6 Å². The van der Waals surface area contributed by atoms with E-state index in [2.05, 4.69) is 15.8 Å². The Bertz CT molecular complexity index is 467. The molecule has 0 aromatic heterocycles. The van der Waals surface area contributed by atoms with Crippen LogP contribution in [0.5, 0.6) is 0 Å². The minimum atomic E-state index is -0.578. The Labute approximate surface area is 107 Å². The second-order valence-electron chi connectivity index (χ2n) is 4.26. The van der Waals surface area contributed by atoms with Gasteiger partial charge in [0.15, 0.2) is 5.95 Å². The van der Waals surface area contributed by atoms with E-state index in [1.807, 2.05) is 45.0 Å². The van der Waals surface area contributed by atoms with Crippen LogP contribution in [0.4, 0.5) is 5.69 Å². The summed E-state index contributed by atoms with van der Waals surface area (Å²) in [6.07, 6.45) is 0.970. The van der Waals surface area contributed by atoms with Crippen LogP contribution in [-0.4, -0.2) is 17.3 Å². The second-order valence-corrected chi connectivity index (χ2v) is 4.26. The van der Waals surface area contributed by atoms with E-state index in [-0.39, 0.29) is 0 Å². The number of nitrogens with zero attached hydrogens (tertiary/aromatic N) is 2. The first-order valence-electron chi connectivity index (χ1n) is 6.02. The monoisotopic (exact) mass is 246 g/mol. The average Bonchev–Trinajstić information content (AvgIpc) is 2.38. The summed E-state index contributed by atoms with van der Waals surface area (Å²) in [5.74, 6) is 2.00. The van der Waals surface area contributed by atoms with E-state index in [9.17, 15) is 5.11 Å². The van der Waals surface area contributed by atoms with Gasteiger partial charge in [-0.3, -0.25) is 0 Å². The molecule has 1 aromatic rings. The number of ether oxygens (including phenoxy) is 1. The Kier molecular flexibility index (Phi) is 5.72. The van der Waals surface area contributed by atoms with E-state index in [0.717, 1.165) is 12.0 Å². The Balaban J connectivity index is 2.63. The third-order valence-electron chi connectivity index (χ3n) is 2.54. The van der Waals surface area contributed by atoms with E-state index in [0.29, 0.717) is 18.2 Å². The largest absolute Gasteiger partial charge is 0.603 e. The maximum absolute atomic E-state index is 11.2. The van der Waals surface area contributed by atoms with Crippen LogP contribution in [0.15, 0.2) is 35.3 Å². The van der Waals surface area contributed by atoms with Crippen LogP contribution in [0.3, 0.4) is 0 Å². The van der Waals surface area contributed by atoms with Gasteiger partial charge in [-0.25, -0.2) is 0 Å². The van der Waals surface area contributed by atoms with Crippen molar-refractivity contribution >= 4 is 11.6 Å². The molecule has 0 radical (unpaired) electrons. The molecule has 0 saturated heterocycles. The van der Waals surface area contributed by atoms with Gasteiger partial charge >= 0.3 is 5.87 Å². The molecule has 0 amide bonds. The van der Waals surface area contributed by atoms with Crippen molar-refractivity contribution in [3.05, 3.63) is 35.8 Å². The Morgan fingerprint density at radius 3 is 2.72 bits per heavy atom. The van der Waals surface area contributed by atoms with E-state index >= 15 is 0 Å². The summed E-state index contributed by atoms with van der Waals surface area (Å²) in [4.78, 5) is 3.58. The minimum absolute atomic E-state index is 0.352. The third kappa shape index (κ3) is 5.35. The lowest BCUT2D eigenvalue weighted by atomic mass is 10.1. The third-order valence-corrected chi connectivity index (χ3v) is 2.54. The SMILES string of the molecule is CC[C@H](C)COC([O-])=C=[N+]=Nc1ccc(C)cc1. The molecule has 0 saturated carbocycles. The molecule has 0 bridgehead atoms. The van der Waals surface area contributed by atoms with E-state index < -0.39 is 5.95 Å². The van der Waals surface area contributed by atoms with Crippen molar-refractivity contribution in [3.8, 4) is 0 Å². The van der Waals surface area contributed by atoms with Crippen molar-refractivity contribution in [2.45, 2.75) is 27.2 Å². The van der Waals surface area contributed by atoms with Crippen LogP contribution in [0.25, 0.3) is 0 Å². The first-order valence-corrected chi connectivity index (χ1v) is 6.02. The van der Waals surface area contributed by atoms with Crippen molar-refractivity contribution in [3.63, 3.8) is 0 Å². The summed E-state index contributed by atoms with van der Waals surface area (Å²) in [6.45, 7) is 6.44. The highest BCUT2D eigenvalue weighted by molar-refractivity contribution is 5.45. The molecule has 96 valence electrons. The van der Waals surface area contributed by atoms with Crippen molar-refractivity contribution in [1.29, 1.82) is 0 Å². The average molecular weight is 246 g/mol. The van der Waals surface area contributed by atoms with Gasteiger partial charge in [-0.05, 0) is 31.6 Å². The number of rotatable bonds is 5. The molecule has 1 atom stereocenters. The zero-order chi connectivity index (χ0) is 13.4. The fourth-order valence-electron chi connectivity index (χ4n) is 1.10. The van der Waals surface area contributed by atoms with Crippen molar-refractivity contribution in [1.82, 2.24) is 0 Å². The number of hydrogen-bond acceptors (Lipinski definition) is 3. The van der Waals surface area contributed by atoms with Gasteiger partial charge in [-0.2, -0.15) is 0 Å². The molecule has 0 aliphatic carbocycles. The highest BCUT2D eigenvalue weighted by Crippen LogP contribution is 2.10. The number of aryl methyl sites for hydroxylation is 1. The fraction of sp³-hybridized carbons (Fsp3) is 0.429. The van der Waals surface area contributed by atoms with Crippen LogP contribution in [0.1, 0.15) is 25.8 Å². The summed E-state index contributed by atoms with van der Waals surface area (Å²) in [5.41, 5.74) is 1.83. The zero-order valence-corrected chi connectivity index (χ0v) is 11.0. The number of benzene rings is 1. The molecule has 4 heteroatoms. The van der Waals surface area contributed by atoms with Crippen molar-refractivity contribution in [2.75, 3.05) is 6.61 Å². The van der Waals surface area contributed by atoms with Crippen LogP contribution >= 0.6 is 0 Å². The highest BCUT2D eigenvalue weighted by Gasteiger charge is 1.95. The van der Waals surface area contributed by atoms with Crippen LogP contribution in [-0.2, 0) is 4.74 Å². The molecule has 0 unspecified atom stereocenters. The smallest absolute Gasteiger partial charge is 0.376 e. The second kappa shape index (κ2) is 7.33. The molecule has 0 heterocycles. The van der Waals surface area contributed by atoms with Crippen LogP contribution in [0.2, 0.25) is 0 Å². The highest BCUT2D eigenvalue weighted by atomic mass is 16.6. The van der Waals surface area contributed by atoms with Gasteiger partial charge in [0.1, 0.15) is 15.6 Å². The maximum atomic E-state index is 11.2. The maximum Gasteiger partial charge on any atom is 0.376 e. The lowest BCUT2D eigenvalue weighted by molar-refractivity contribution is -0.356. The van der Waals surface area contributed by atoms with E-state index in [4.69, 9.17) is 4.74 Å². The van der Waals surface area contributed by atoms with E-state index in [1.165, 1.54) is 0 Å². The quantitative estimate of drug-likeness (QED) is 0.346. The zero-order valence-electron chi connectivity index (χ0n) is 11.0. The lowest BCUT2D eigenvalue weighted by Gasteiger charge is -2.14. The summed E-state index contributed by atoms with van der Waals surface area (Å²) in [5, 5.41) is 15.1. The minimum Gasteiger partial charge on any atom is -0.603 e. The van der Waals surface area contributed by atoms with Gasteiger partial charge in [0.2, 0.25) is 0 Å². The summed E-state index contributed by atoms with van der Waals surface area (Å²) in [6, 6.07) is 7.50. The van der Waals surface area contributed by atoms with Crippen molar-refractivity contribution in [2.24, 2.45) is 11.0 Å². The molecule has 0 fully saturated rings. The molecule has 0 spiro atoms. The van der Waals surface area contributed by atoms with Gasteiger partial charge in [0.25, 0.3) is 0 Å². The molecule has 0 aliphatic rings. The fourth-order valence-corrected chi connectivity index (χ4v) is 1.10. The Morgan fingerprint density at radius 2 is 2.11 bits per heavy atom. The van der Waals surface area contributed by atoms with Gasteiger partial charge in [-0.1, -0.05) is 38.0 Å². The molecular weight excluding hydrogens is 228 g/mol. The Hall–Kier alpha value is -2.02. The Morgan fingerprint density at radius 1 is 1.44 bits per heavy atom. The van der Waals surface area contributed by atoms with Gasteiger partial charge < -0.3 is 9.84 Å². The van der Waals surface area contributed by atoms with Crippen LogP contribution < -0.4 is 5.11 Å². The standard InChI is InChI=1S/C14H18N2O2/c1-4-11(2)10-18-14(17)9-15-16-13-7-5-12(3)6-8-13/h5-8,11H,4,10H2,1-3H3/t11-/m0/s1. The van der Waals surface area contributed by atoms with Crippen LogP contribution in [0, 0.1) is 12.8 Å². The lowest BCUT2D eigenvalue weighted by Crippen LogP contribution is -2.13. The predicted octanol–water partition coefficient (Wildman–Crippen LogP) is 2.22. The van der Waals surface area contributed by atoms with Gasteiger partial charge in [-0.15, -0.1) is 0 Å². The topological polar surface area (TPSA) is 58.8 Å². The molecule has 0 aliphatic heterocycles. The van der Waals surface area contributed by atoms with Gasteiger partial charge in [0.05, 0.1) is 0 Å². The molecular formula is C14H18N2O2. The van der Waals surface area contributed by atoms with E-state index in [1.54, 1.807) is 0 Å². The summed E-state index contributed by atoms with van der Waals surface area (Å²) in [7, 11) is 0. The molecule has 18 heavy (non-hydrogen) atoms. The summed E-state index contributed by atoms with van der Waals surface area (Å²) < 4.78 is 4.95. The molecule has 4 nitrogen and oxygen atoms in total. The van der Waals surface area contributed by atoms with Gasteiger partial charge in [0, 0.05) is 0 Å². The normalized spacial score (nSPS) is 11.1. The summed E-state index contributed by atoms with van der Waals surface area (Å²) >= 11 is 0. The first-order chi connectivity index (χ1) is 8.61. The first kappa shape index (κ1) is 14.0. The molecule has 1 aromatic carbocycles. The predicted molar refractivity (Wildman–Crippen MR) is 67.5 cm³/mol.